The van der Waals surface area contributed by atoms with E-state index < -0.39 is 0 Å². The molecule has 2 aromatic rings. The van der Waals surface area contributed by atoms with Gasteiger partial charge in [-0.05, 0) is 40.5 Å². The maximum absolute atomic E-state index is 3.82. The van der Waals surface area contributed by atoms with Gasteiger partial charge in [-0.1, -0.05) is 69.3 Å². The molecule has 1 N–H and O–H groups in total. The van der Waals surface area contributed by atoms with E-state index in [0.717, 1.165) is 19.4 Å². The molecule has 0 bridgehead atoms. The van der Waals surface area contributed by atoms with E-state index in [1.54, 1.807) is 0 Å². The van der Waals surface area contributed by atoms with Crippen LogP contribution in [0.25, 0.3) is 0 Å². The van der Waals surface area contributed by atoms with Crippen molar-refractivity contribution >= 4 is 0 Å². The molecule has 1 atom stereocenters. The highest BCUT2D eigenvalue weighted by atomic mass is 14.9. The Morgan fingerprint density at radius 1 is 1.00 bits per heavy atom. The van der Waals surface area contributed by atoms with Crippen molar-refractivity contribution in [1.29, 1.82) is 0 Å². The van der Waals surface area contributed by atoms with Crippen LogP contribution in [0.1, 0.15) is 49.1 Å². The van der Waals surface area contributed by atoms with Crippen molar-refractivity contribution in [1.82, 2.24) is 5.32 Å². The number of fused-ring (bicyclic) bond motifs is 1. The largest absolute Gasteiger partial charge is 0.305 e. The fourth-order valence-electron chi connectivity index (χ4n) is 3.66. The Morgan fingerprint density at radius 2 is 1.67 bits per heavy atom. The molecule has 0 saturated heterocycles. The van der Waals surface area contributed by atoms with E-state index in [1.165, 1.54) is 22.3 Å². The molecular formula is C20H25N. The molecule has 0 aliphatic heterocycles. The van der Waals surface area contributed by atoms with E-state index in [0.29, 0.717) is 6.04 Å². The van der Waals surface area contributed by atoms with Gasteiger partial charge in [0, 0.05) is 12.6 Å². The Morgan fingerprint density at radius 3 is 2.43 bits per heavy atom. The van der Waals surface area contributed by atoms with Crippen LogP contribution in [0.3, 0.4) is 0 Å². The second kappa shape index (κ2) is 5.65. The molecule has 0 spiro atoms. The summed E-state index contributed by atoms with van der Waals surface area (Å²) >= 11 is 0. The van der Waals surface area contributed by atoms with E-state index >= 15 is 0 Å². The first-order valence-corrected chi connectivity index (χ1v) is 8.00. The summed E-state index contributed by atoms with van der Waals surface area (Å²) in [6, 6.07) is 18.1. The van der Waals surface area contributed by atoms with Crippen LogP contribution in [-0.4, -0.2) is 0 Å². The smallest absolute Gasteiger partial charge is 0.0380 e. The highest BCUT2D eigenvalue weighted by Gasteiger charge is 2.38. The monoisotopic (exact) mass is 279 g/mol. The Balaban J connectivity index is 1.81. The third-order valence-corrected chi connectivity index (χ3v) is 4.79. The molecule has 3 rings (SSSR count). The van der Waals surface area contributed by atoms with Crippen molar-refractivity contribution in [2.45, 2.75) is 46.2 Å². The van der Waals surface area contributed by atoms with Gasteiger partial charge in [-0.2, -0.15) is 0 Å². The Bertz CT molecular complexity index is 627. The summed E-state index contributed by atoms with van der Waals surface area (Å²) in [6.07, 6.45) is 2.26. The Hall–Kier alpha value is -1.60. The van der Waals surface area contributed by atoms with Gasteiger partial charge in [0.2, 0.25) is 0 Å². The van der Waals surface area contributed by atoms with Crippen LogP contribution in [-0.2, 0) is 19.4 Å². The third-order valence-electron chi connectivity index (χ3n) is 4.79. The van der Waals surface area contributed by atoms with Crippen molar-refractivity contribution in [2.24, 2.45) is 5.41 Å². The van der Waals surface area contributed by atoms with Gasteiger partial charge in [0.25, 0.3) is 0 Å². The van der Waals surface area contributed by atoms with Crippen LogP contribution in [0.4, 0.5) is 0 Å². The summed E-state index contributed by atoms with van der Waals surface area (Å²) in [7, 11) is 0. The van der Waals surface area contributed by atoms with Crippen molar-refractivity contribution in [3.8, 4) is 0 Å². The molecular weight excluding hydrogens is 254 g/mol. The second-order valence-electron chi connectivity index (χ2n) is 6.80. The highest BCUT2D eigenvalue weighted by Crippen LogP contribution is 2.45. The lowest BCUT2D eigenvalue weighted by molar-refractivity contribution is 0.268. The number of aryl methyl sites for hydroxylation is 1. The van der Waals surface area contributed by atoms with Crippen molar-refractivity contribution < 1.29 is 0 Å². The first-order chi connectivity index (χ1) is 10.1. The van der Waals surface area contributed by atoms with Gasteiger partial charge < -0.3 is 5.32 Å². The van der Waals surface area contributed by atoms with Gasteiger partial charge in [0.05, 0.1) is 0 Å². The van der Waals surface area contributed by atoms with Gasteiger partial charge in [-0.15, -0.1) is 0 Å². The molecule has 1 aliphatic rings. The molecule has 1 unspecified atom stereocenters. The van der Waals surface area contributed by atoms with Gasteiger partial charge >= 0.3 is 0 Å². The van der Waals surface area contributed by atoms with Gasteiger partial charge in [0.1, 0.15) is 0 Å². The second-order valence-corrected chi connectivity index (χ2v) is 6.80. The Kier molecular flexibility index (Phi) is 3.86. The standard InChI is InChI=1S/C20H25N/c1-4-15-9-5-6-11-17(15)14-21-19-18-12-8-7-10-16(18)13-20(19,2)3/h5-12,19,21H,4,13-14H2,1-3H3. The van der Waals surface area contributed by atoms with Crippen LogP contribution >= 0.6 is 0 Å². The molecule has 110 valence electrons. The summed E-state index contributed by atoms with van der Waals surface area (Å²) in [5, 5.41) is 3.82. The lowest BCUT2D eigenvalue weighted by atomic mass is 9.85. The molecule has 2 aromatic carbocycles. The molecule has 0 aromatic heterocycles. The van der Waals surface area contributed by atoms with E-state index in [2.05, 4.69) is 74.6 Å². The topological polar surface area (TPSA) is 12.0 Å². The maximum atomic E-state index is 3.82. The van der Waals surface area contributed by atoms with Crippen LogP contribution in [0.5, 0.6) is 0 Å². The molecule has 0 amide bonds. The van der Waals surface area contributed by atoms with Crippen LogP contribution in [0.2, 0.25) is 0 Å². The first kappa shape index (κ1) is 14.3. The first-order valence-electron chi connectivity index (χ1n) is 8.00. The van der Waals surface area contributed by atoms with E-state index in [1.807, 2.05) is 0 Å². The number of hydrogen-bond donors (Lipinski definition) is 1. The maximum Gasteiger partial charge on any atom is 0.0380 e. The summed E-state index contributed by atoms with van der Waals surface area (Å²) in [4.78, 5) is 0. The number of benzene rings is 2. The van der Waals surface area contributed by atoms with Gasteiger partial charge in [-0.3, -0.25) is 0 Å². The average Bonchev–Trinajstić information content (AvgIpc) is 2.75. The van der Waals surface area contributed by atoms with Gasteiger partial charge in [-0.25, -0.2) is 0 Å². The van der Waals surface area contributed by atoms with Crippen LogP contribution < -0.4 is 5.32 Å². The average molecular weight is 279 g/mol. The normalized spacial score (nSPS) is 19.5. The van der Waals surface area contributed by atoms with E-state index in [4.69, 9.17) is 0 Å². The zero-order valence-electron chi connectivity index (χ0n) is 13.3. The fraction of sp³-hybridized carbons (Fsp3) is 0.400. The van der Waals surface area contributed by atoms with Crippen molar-refractivity contribution in [3.05, 3.63) is 70.8 Å². The molecule has 1 heteroatoms. The summed E-state index contributed by atoms with van der Waals surface area (Å²) in [6.45, 7) is 7.92. The van der Waals surface area contributed by atoms with Gasteiger partial charge in [0.15, 0.2) is 0 Å². The highest BCUT2D eigenvalue weighted by molar-refractivity contribution is 5.38. The minimum atomic E-state index is 0.283. The molecule has 1 nitrogen and oxygen atoms in total. The van der Waals surface area contributed by atoms with Crippen molar-refractivity contribution in [3.63, 3.8) is 0 Å². The zero-order chi connectivity index (χ0) is 14.9. The van der Waals surface area contributed by atoms with E-state index in [9.17, 15) is 0 Å². The summed E-state index contributed by atoms with van der Waals surface area (Å²) < 4.78 is 0. The lowest BCUT2D eigenvalue weighted by Gasteiger charge is -2.29. The SMILES string of the molecule is CCc1ccccc1CNC1c2ccccc2CC1(C)C. The third kappa shape index (κ3) is 2.75. The quantitative estimate of drug-likeness (QED) is 0.858. The fourth-order valence-corrected chi connectivity index (χ4v) is 3.66. The molecule has 0 radical (unpaired) electrons. The minimum Gasteiger partial charge on any atom is -0.305 e. The predicted molar refractivity (Wildman–Crippen MR) is 89.3 cm³/mol. The van der Waals surface area contributed by atoms with Crippen LogP contribution in [0.15, 0.2) is 48.5 Å². The number of rotatable bonds is 4. The summed E-state index contributed by atoms with van der Waals surface area (Å²) in [5.74, 6) is 0. The zero-order valence-corrected chi connectivity index (χ0v) is 13.3. The number of hydrogen-bond acceptors (Lipinski definition) is 1. The Labute approximate surface area is 128 Å². The lowest BCUT2D eigenvalue weighted by Crippen LogP contribution is -2.31. The summed E-state index contributed by atoms with van der Waals surface area (Å²) in [5.41, 5.74) is 6.15. The van der Waals surface area contributed by atoms with E-state index in [-0.39, 0.29) is 5.41 Å². The van der Waals surface area contributed by atoms with Crippen LogP contribution in [0, 0.1) is 5.41 Å². The molecule has 0 heterocycles. The molecule has 0 saturated carbocycles. The minimum absolute atomic E-state index is 0.283. The number of nitrogens with one attached hydrogen (secondary N) is 1. The predicted octanol–water partition coefficient (Wildman–Crippen LogP) is 4.66. The van der Waals surface area contributed by atoms with Crippen molar-refractivity contribution in [2.75, 3.05) is 0 Å². The molecule has 1 aliphatic carbocycles. The molecule has 0 fully saturated rings. The molecule has 21 heavy (non-hydrogen) atoms.